The van der Waals surface area contributed by atoms with Gasteiger partial charge in [0, 0.05) is 12.0 Å². The molecule has 1 amide bonds. The molecule has 94 valence electrons. The molecule has 1 aromatic rings. The SMILES string of the molecule is [C-]#[N+]CN1C(=O)C(C)CCc2ccc(OC)cc21. The molecule has 2 rings (SSSR count). The Kier molecular flexibility index (Phi) is 3.52. The maximum Gasteiger partial charge on any atom is 0.295 e. The number of nitrogens with zero attached hydrogens (tertiary/aromatic N) is 2. The van der Waals surface area contributed by atoms with Crippen LogP contribution in [0.5, 0.6) is 5.75 Å². The van der Waals surface area contributed by atoms with E-state index in [2.05, 4.69) is 4.85 Å². The van der Waals surface area contributed by atoms with Crippen LogP contribution in [0.3, 0.4) is 0 Å². The Hall–Kier alpha value is -2.02. The number of fused-ring (bicyclic) bond motifs is 1. The third kappa shape index (κ3) is 2.17. The van der Waals surface area contributed by atoms with E-state index in [-0.39, 0.29) is 18.5 Å². The second kappa shape index (κ2) is 5.09. The normalized spacial score (nSPS) is 18.8. The summed E-state index contributed by atoms with van der Waals surface area (Å²) in [5.41, 5.74) is 1.93. The van der Waals surface area contributed by atoms with Gasteiger partial charge in [0.05, 0.1) is 12.8 Å². The molecule has 0 fully saturated rings. The van der Waals surface area contributed by atoms with E-state index in [0.717, 1.165) is 24.1 Å². The monoisotopic (exact) mass is 244 g/mol. The van der Waals surface area contributed by atoms with Gasteiger partial charge in [-0.3, -0.25) is 9.64 Å². The van der Waals surface area contributed by atoms with E-state index in [9.17, 15) is 4.79 Å². The molecule has 0 N–H and O–H groups in total. The van der Waals surface area contributed by atoms with Gasteiger partial charge in [-0.05, 0) is 24.5 Å². The predicted octanol–water partition coefficient (Wildman–Crippen LogP) is 2.49. The number of rotatable bonds is 2. The van der Waals surface area contributed by atoms with E-state index in [0.29, 0.717) is 5.75 Å². The summed E-state index contributed by atoms with van der Waals surface area (Å²) in [5, 5.41) is 0. The molecule has 0 saturated carbocycles. The molecule has 0 saturated heterocycles. The molecular formula is C14H16N2O2. The van der Waals surface area contributed by atoms with Crippen LogP contribution in [0.4, 0.5) is 5.69 Å². The molecule has 1 heterocycles. The smallest absolute Gasteiger partial charge is 0.295 e. The molecule has 0 radical (unpaired) electrons. The fourth-order valence-electron chi connectivity index (χ4n) is 2.23. The van der Waals surface area contributed by atoms with Gasteiger partial charge in [-0.2, -0.15) is 0 Å². The molecule has 0 bridgehead atoms. The minimum absolute atomic E-state index is 0.0259. The molecule has 1 unspecified atom stereocenters. The first-order valence-electron chi connectivity index (χ1n) is 5.99. The third-order valence-electron chi connectivity index (χ3n) is 3.33. The molecule has 1 atom stereocenters. The van der Waals surface area contributed by atoms with Crippen molar-refractivity contribution in [2.24, 2.45) is 5.92 Å². The number of ether oxygens (including phenoxy) is 1. The molecule has 0 aliphatic carbocycles. The Labute approximate surface area is 107 Å². The van der Waals surface area contributed by atoms with E-state index in [4.69, 9.17) is 11.3 Å². The van der Waals surface area contributed by atoms with E-state index in [1.807, 2.05) is 25.1 Å². The highest BCUT2D eigenvalue weighted by Gasteiger charge is 2.29. The summed E-state index contributed by atoms with van der Waals surface area (Å²) >= 11 is 0. The van der Waals surface area contributed by atoms with Crippen LogP contribution in [-0.2, 0) is 11.2 Å². The first-order valence-corrected chi connectivity index (χ1v) is 5.99. The lowest BCUT2D eigenvalue weighted by molar-refractivity contribution is -0.121. The van der Waals surface area contributed by atoms with Crippen LogP contribution >= 0.6 is 0 Å². The summed E-state index contributed by atoms with van der Waals surface area (Å²) in [6, 6.07) is 5.72. The van der Waals surface area contributed by atoms with Gasteiger partial charge >= 0.3 is 0 Å². The number of carbonyl (C=O) groups excluding carboxylic acids is 1. The number of benzene rings is 1. The first kappa shape index (κ1) is 12.4. The fraction of sp³-hybridized carbons (Fsp3) is 0.429. The topological polar surface area (TPSA) is 33.9 Å². The molecule has 1 aliphatic heterocycles. The van der Waals surface area contributed by atoms with Gasteiger partial charge in [0.2, 0.25) is 5.91 Å². The second-order valence-corrected chi connectivity index (χ2v) is 4.50. The standard InChI is InChI=1S/C14H16N2O2/c1-10-4-5-11-6-7-12(18-3)8-13(11)16(9-15-2)14(10)17/h6-8,10H,4-5,9H2,1,3H3. The number of amides is 1. The fourth-order valence-corrected chi connectivity index (χ4v) is 2.23. The summed E-state index contributed by atoms with van der Waals surface area (Å²) in [5.74, 6) is 0.703. The van der Waals surface area contributed by atoms with E-state index in [1.165, 1.54) is 0 Å². The summed E-state index contributed by atoms with van der Waals surface area (Å²) in [6.45, 7) is 9.00. The van der Waals surface area contributed by atoms with Gasteiger partial charge in [0.1, 0.15) is 5.75 Å². The van der Waals surface area contributed by atoms with Gasteiger partial charge in [-0.1, -0.05) is 13.0 Å². The number of hydrogen-bond donors (Lipinski definition) is 0. The quantitative estimate of drug-likeness (QED) is 0.749. The molecular weight excluding hydrogens is 228 g/mol. The highest BCUT2D eigenvalue weighted by atomic mass is 16.5. The average Bonchev–Trinajstić information content (AvgIpc) is 2.51. The van der Waals surface area contributed by atoms with Crippen molar-refractivity contribution in [3.8, 4) is 5.75 Å². The zero-order chi connectivity index (χ0) is 13.1. The van der Waals surface area contributed by atoms with Crippen LogP contribution in [0.15, 0.2) is 18.2 Å². The Balaban J connectivity index is 2.49. The summed E-state index contributed by atoms with van der Waals surface area (Å²) in [4.78, 5) is 17.2. The first-order chi connectivity index (χ1) is 8.67. The number of aryl methyl sites for hydroxylation is 1. The van der Waals surface area contributed by atoms with E-state index < -0.39 is 0 Å². The van der Waals surface area contributed by atoms with Gasteiger partial charge < -0.3 is 4.74 Å². The Morgan fingerprint density at radius 3 is 3.00 bits per heavy atom. The van der Waals surface area contributed by atoms with Crippen molar-refractivity contribution in [1.29, 1.82) is 0 Å². The number of hydrogen-bond acceptors (Lipinski definition) is 2. The summed E-state index contributed by atoms with van der Waals surface area (Å²) < 4.78 is 5.19. The maximum atomic E-state index is 12.2. The summed E-state index contributed by atoms with van der Waals surface area (Å²) in [6.07, 6.45) is 1.69. The lowest BCUT2D eigenvalue weighted by atomic mass is 10.0. The maximum absolute atomic E-state index is 12.2. The minimum atomic E-state index is -0.0369. The van der Waals surface area contributed by atoms with Crippen LogP contribution in [0.25, 0.3) is 4.85 Å². The van der Waals surface area contributed by atoms with Gasteiger partial charge in [-0.25, -0.2) is 11.5 Å². The highest BCUT2D eigenvalue weighted by Crippen LogP contribution is 2.32. The molecule has 4 heteroatoms. The minimum Gasteiger partial charge on any atom is -0.497 e. The van der Waals surface area contributed by atoms with Gasteiger partial charge in [-0.15, -0.1) is 0 Å². The van der Waals surface area contributed by atoms with E-state index >= 15 is 0 Å². The largest absolute Gasteiger partial charge is 0.497 e. The van der Waals surface area contributed by atoms with Gasteiger partial charge in [0.25, 0.3) is 6.67 Å². The predicted molar refractivity (Wildman–Crippen MR) is 69.4 cm³/mol. The summed E-state index contributed by atoms with van der Waals surface area (Å²) in [7, 11) is 1.60. The van der Waals surface area contributed by atoms with Crippen LogP contribution in [0.1, 0.15) is 18.9 Å². The van der Waals surface area contributed by atoms with Crippen molar-refractivity contribution in [3.63, 3.8) is 0 Å². The van der Waals surface area contributed by atoms with Crippen LogP contribution in [-0.4, -0.2) is 19.7 Å². The van der Waals surface area contributed by atoms with Crippen molar-refractivity contribution in [3.05, 3.63) is 35.2 Å². The van der Waals surface area contributed by atoms with Crippen LogP contribution in [0.2, 0.25) is 0 Å². The van der Waals surface area contributed by atoms with Crippen LogP contribution < -0.4 is 9.64 Å². The number of anilines is 1. The van der Waals surface area contributed by atoms with Gasteiger partial charge in [0.15, 0.2) is 0 Å². The van der Waals surface area contributed by atoms with E-state index in [1.54, 1.807) is 12.0 Å². The van der Waals surface area contributed by atoms with Crippen molar-refractivity contribution >= 4 is 11.6 Å². The second-order valence-electron chi connectivity index (χ2n) is 4.50. The molecule has 0 aromatic heterocycles. The number of methoxy groups -OCH3 is 1. The average molecular weight is 244 g/mol. The molecule has 0 spiro atoms. The lowest BCUT2D eigenvalue weighted by Gasteiger charge is -2.19. The molecule has 4 nitrogen and oxygen atoms in total. The molecule has 18 heavy (non-hydrogen) atoms. The van der Waals surface area contributed by atoms with Crippen LogP contribution in [0, 0.1) is 12.5 Å². The number of carbonyl (C=O) groups is 1. The van der Waals surface area contributed by atoms with Crippen molar-refractivity contribution < 1.29 is 9.53 Å². The molecule has 1 aromatic carbocycles. The Bertz CT molecular complexity index is 505. The highest BCUT2D eigenvalue weighted by molar-refractivity contribution is 5.96. The Morgan fingerprint density at radius 1 is 1.56 bits per heavy atom. The molecule has 1 aliphatic rings. The third-order valence-corrected chi connectivity index (χ3v) is 3.33. The van der Waals surface area contributed by atoms with Crippen molar-refractivity contribution in [2.45, 2.75) is 19.8 Å². The lowest BCUT2D eigenvalue weighted by Crippen LogP contribution is -2.34. The zero-order valence-corrected chi connectivity index (χ0v) is 10.6. The zero-order valence-electron chi connectivity index (χ0n) is 10.6. The Morgan fingerprint density at radius 2 is 2.33 bits per heavy atom. The van der Waals surface area contributed by atoms with Crippen molar-refractivity contribution in [1.82, 2.24) is 0 Å². The van der Waals surface area contributed by atoms with Crippen molar-refractivity contribution in [2.75, 3.05) is 18.7 Å².